The second-order valence-electron chi connectivity index (χ2n) is 7.77. The number of rotatable bonds is 5. The highest BCUT2D eigenvalue weighted by Gasteiger charge is 2.39. The number of pyridine rings is 2. The van der Waals surface area contributed by atoms with Crippen molar-refractivity contribution >= 4 is 17.4 Å². The number of hydrogen-bond donors (Lipinski definition) is 1. The van der Waals surface area contributed by atoms with Crippen molar-refractivity contribution in [3.63, 3.8) is 0 Å². The van der Waals surface area contributed by atoms with Gasteiger partial charge in [0, 0.05) is 61.0 Å². The number of amides is 1. The summed E-state index contributed by atoms with van der Waals surface area (Å²) in [5.41, 5.74) is 1.99. The summed E-state index contributed by atoms with van der Waals surface area (Å²) < 4.78 is 27.8. The molecule has 1 aliphatic rings. The maximum absolute atomic E-state index is 13.9. The van der Waals surface area contributed by atoms with Crippen molar-refractivity contribution < 1.29 is 13.6 Å². The van der Waals surface area contributed by atoms with E-state index in [-0.39, 0.29) is 24.4 Å². The molecule has 7 nitrogen and oxygen atoms in total. The molecule has 0 aliphatic carbocycles. The van der Waals surface area contributed by atoms with Gasteiger partial charge in [0.15, 0.2) is 5.82 Å². The minimum Gasteiger partial charge on any atom is -0.349 e. The molecule has 0 aromatic carbocycles. The highest BCUT2D eigenvalue weighted by atomic mass is 19.3. The SMILES string of the molecule is CC(C)c1ncc(C(=O)Nc2c(-c3cccnc3)ccnc2N2CCC(F)(F)C2)cn1. The van der Waals surface area contributed by atoms with Crippen LogP contribution >= 0.6 is 0 Å². The van der Waals surface area contributed by atoms with E-state index in [1.165, 1.54) is 17.3 Å². The van der Waals surface area contributed by atoms with E-state index >= 15 is 0 Å². The number of halogens is 2. The number of aromatic nitrogens is 4. The molecule has 0 unspecified atom stereocenters. The van der Waals surface area contributed by atoms with Crippen molar-refractivity contribution in [3.05, 3.63) is 60.6 Å². The minimum absolute atomic E-state index is 0.135. The van der Waals surface area contributed by atoms with Gasteiger partial charge in [0.05, 0.1) is 17.8 Å². The van der Waals surface area contributed by atoms with E-state index in [2.05, 4.69) is 25.3 Å². The van der Waals surface area contributed by atoms with E-state index in [1.807, 2.05) is 19.9 Å². The molecule has 0 bridgehead atoms. The summed E-state index contributed by atoms with van der Waals surface area (Å²) in [5, 5.41) is 2.85. The van der Waals surface area contributed by atoms with Gasteiger partial charge in [-0.25, -0.2) is 23.7 Å². The standard InChI is InChI=1S/C22H22F2N6O/c1-14(2)19-27-11-16(12-28-19)21(31)29-18-17(15-4-3-7-25-10-15)5-8-26-20(18)30-9-6-22(23,24)13-30/h3-5,7-8,10-12,14H,6,9,13H2,1-2H3,(H,29,31). The van der Waals surface area contributed by atoms with Crippen molar-refractivity contribution in [3.8, 4) is 11.1 Å². The molecule has 0 spiro atoms. The van der Waals surface area contributed by atoms with Gasteiger partial charge in [-0.2, -0.15) is 0 Å². The third kappa shape index (κ3) is 4.50. The van der Waals surface area contributed by atoms with Crippen molar-refractivity contribution in [2.75, 3.05) is 23.3 Å². The summed E-state index contributed by atoms with van der Waals surface area (Å²) in [7, 11) is 0. The van der Waals surface area contributed by atoms with Crippen LogP contribution in [0.25, 0.3) is 11.1 Å². The van der Waals surface area contributed by atoms with Gasteiger partial charge in [0.25, 0.3) is 11.8 Å². The molecule has 1 fully saturated rings. The molecule has 1 amide bonds. The fraction of sp³-hybridized carbons (Fsp3) is 0.318. The van der Waals surface area contributed by atoms with Crippen LogP contribution in [0.2, 0.25) is 0 Å². The first-order valence-corrected chi connectivity index (χ1v) is 9.99. The van der Waals surface area contributed by atoms with E-state index in [1.54, 1.807) is 30.7 Å². The Morgan fingerprint density at radius 1 is 1.13 bits per heavy atom. The van der Waals surface area contributed by atoms with Crippen molar-refractivity contribution in [2.45, 2.75) is 32.1 Å². The molecule has 0 atom stereocenters. The third-order valence-corrected chi connectivity index (χ3v) is 5.06. The third-order valence-electron chi connectivity index (χ3n) is 5.06. The van der Waals surface area contributed by atoms with E-state index in [0.29, 0.717) is 22.9 Å². The van der Waals surface area contributed by atoms with Crippen LogP contribution in [0.4, 0.5) is 20.3 Å². The molecule has 1 N–H and O–H groups in total. The zero-order valence-corrected chi connectivity index (χ0v) is 17.2. The topological polar surface area (TPSA) is 83.9 Å². The van der Waals surface area contributed by atoms with Crippen LogP contribution in [-0.4, -0.2) is 44.9 Å². The van der Waals surface area contributed by atoms with Crippen LogP contribution in [0.15, 0.2) is 49.2 Å². The van der Waals surface area contributed by atoms with Gasteiger partial charge < -0.3 is 10.2 Å². The predicted molar refractivity (Wildman–Crippen MR) is 113 cm³/mol. The first kappa shape index (κ1) is 20.8. The number of nitrogens with one attached hydrogen (secondary N) is 1. The molecular weight excluding hydrogens is 402 g/mol. The van der Waals surface area contributed by atoms with E-state index in [4.69, 9.17) is 0 Å². The van der Waals surface area contributed by atoms with Crippen molar-refractivity contribution in [1.29, 1.82) is 0 Å². The molecule has 4 heterocycles. The van der Waals surface area contributed by atoms with Crippen LogP contribution in [0.5, 0.6) is 0 Å². The molecular formula is C22H22F2N6O. The summed E-state index contributed by atoms with van der Waals surface area (Å²) in [4.78, 5) is 31.4. The number of nitrogens with zero attached hydrogens (tertiary/aromatic N) is 5. The Balaban J connectivity index is 1.72. The number of carbonyl (C=O) groups excluding carboxylic acids is 1. The van der Waals surface area contributed by atoms with Crippen molar-refractivity contribution in [1.82, 2.24) is 19.9 Å². The molecule has 0 saturated carbocycles. The van der Waals surface area contributed by atoms with Gasteiger partial charge >= 0.3 is 0 Å². The lowest BCUT2D eigenvalue weighted by molar-refractivity contribution is 0.0257. The Labute approximate surface area is 178 Å². The summed E-state index contributed by atoms with van der Waals surface area (Å²) in [6, 6.07) is 5.33. The average molecular weight is 424 g/mol. The molecule has 9 heteroatoms. The lowest BCUT2D eigenvalue weighted by atomic mass is 10.1. The second-order valence-corrected chi connectivity index (χ2v) is 7.77. The van der Waals surface area contributed by atoms with Crippen LogP contribution in [0.1, 0.15) is 42.4 Å². The summed E-state index contributed by atoms with van der Waals surface area (Å²) in [5.74, 6) is -2.18. The van der Waals surface area contributed by atoms with Crippen LogP contribution in [0.3, 0.4) is 0 Å². The fourth-order valence-corrected chi connectivity index (χ4v) is 3.43. The largest absolute Gasteiger partial charge is 0.349 e. The van der Waals surface area contributed by atoms with Gasteiger partial charge in [-0.15, -0.1) is 0 Å². The average Bonchev–Trinajstić information content (AvgIpc) is 3.14. The highest BCUT2D eigenvalue weighted by molar-refractivity contribution is 6.08. The molecule has 160 valence electrons. The van der Waals surface area contributed by atoms with E-state index in [9.17, 15) is 13.6 Å². The lowest BCUT2D eigenvalue weighted by Gasteiger charge is -2.22. The van der Waals surface area contributed by atoms with E-state index < -0.39 is 18.4 Å². The minimum atomic E-state index is -2.80. The van der Waals surface area contributed by atoms with Crippen LogP contribution in [0, 0.1) is 0 Å². The van der Waals surface area contributed by atoms with Crippen LogP contribution < -0.4 is 10.2 Å². The Bertz CT molecular complexity index is 1070. The van der Waals surface area contributed by atoms with Gasteiger partial charge in [0.1, 0.15) is 5.82 Å². The summed E-state index contributed by atoms with van der Waals surface area (Å²) >= 11 is 0. The predicted octanol–water partition coefficient (Wildman–Crippen LogP) is 4.15. The monoisotopic (exact) mass is 424 g/mol. The molecule has 4 rings (SSSR count). The molecule has 3 aromatic heterocycles. The number of hydrogen-bond acceptors (Lipinski definition) is 6. The van der Waals surface area contributed by atoms with Gasteiger partial charge in [-0.3, -0.25) is 9.78 Å². The van der Waals surface area contributed by atoms with Gasteiger partial charge in [0.2, 0.25) is 0 Å². The van der Waals surface area contributed by atoms with Gasteiger partial charge in [-0.05, 0) is 12.1 Å². The first-order valence-electron chi connectivity index (χ1n) is 9.99. The normalized spacial score (nSPS) is 15.3. The highest BCUT2D eigenvalue weighted by Crippen LogP contribution is 2.38. The lowest BCUT2D eigenvalue weighted by Crippen LogP contribution is -2.27. The number of anilines is 2. The van der Waals surface area contributed by atoms with E-state index in [0.717, 1.165) is 5.56 Å². The Morgan fingerprint density at radius 3 is 2.52 bits per heavy atom. The zero-order valence-electron chi connectivity index (χ0n) is 17.2. The second kappa shape index (κ2) is 8.33. The molecule has 1 aliphatic heterocycles. The zero-order chi connectivity index (χ0) is 22.0. The molecule has 0 radical (unpaired) electrons. The van der Waals surface area contributed by atoms with Gasteiger partial charge in [-0.1, -0.05) is 19.9 Å². The number of alkyl halides is 2. The first-order chi connectivity index (χ1) is 14.8. The maximum Gasteiger partial charge on any atom is 0.266 e. The number of carbonyl (C=O) groups is 1. The molecule has 1 saturated heterocycles. The quantitative estimate of drug-likeness (QED) is 0.662. The Kier molecular flexibility index (Phi) is 5.58. The van der Waals surface area contributed by atoms with Crippen molar-refractivity contribution in [2.24, 2.45) is 0 Å². The summed E-state index contributed by atoms with van der Waals surface area (Å²) in [6.45, 7) is 3.61. The fourth-order valence-electron chi connectivity index (χ4n) is 3.43. The van der Waals surface area contributed by atoms with Crippen LogP contribution in [-0.2, 0) is 0 Å². The molecule has 31 heavy (non-hydrogen) atoms. The smallest absolute Gasteiger partial charge is 0.266 e. The molecule has 3 aromatic rings. The summed E-state index contributed by atoms with van der Waals surface area (Å²) in [6.07, 6.45) is 7.49. The Hall–Kier alpha value is -3.49. The maximum atomic E-state index is 13.9. The Morgan fingerprint density at radius 2 is 1.90 bits per heavy atom.